The second-order valence-corrected chi connectivity index (χ2v) is 5.82. The van der Waals surface area contributed by atoms with Gasteiger partial charge in [0, 0.05) is 6.04 Å². The van der Waals surface area contributed by atoms with Crippen LogP contribution < -0.4 is 0 Å². The Bertz CT molecular complexity index is 452. The van der Waals surface area contributed by atoms with Crippen LogP contribution in [-0.4, -0.2) is 40.2 Å². The second kappa shape index (κ2) is 7.57. The van der Waals surface area contributed by atoms with Crippen molar-refractivity contribution in [3.05, 3.63) is 35.4 Å². The highest BCUT2D eigenvalue weighted by Gasteiger charge is 2.28. The minimum absolute atomic E-state index is 0.142. The van der Waals surface area contributed by atoms with Gasteiger partial charge in [-0.25, -0.2) is 4.79 Å². The zero-order valence-electron chi connectivity index (χ0n) is 12.7. The predicted molar refractivity (Wildman–Crippen MR) is 82.5 cm³/mol. The van der Waals surface area contributed by atoms with Crippen molar-refractivity contribution in [3.8, 4) is 0 Å². The van der Waals surface area contributed by atoms with Crippen LogP contribution in [0.4, 0.5) is 0 Å². The third-order valence-corrected chi connectivity index (χ3v) is 4.33. The first-order valence-electron chi connectivity index (χ1n) is 7.89. The third kappa shape index (κ3) is 4.05. The topological polar surface area (TPSA) is 60.8 Å². The summed E-state index contributed by atoms with van der Waals surface area (Å²) in [6.45, 7) is 4.27. The summed E-state index contributed by atoms with van der Waals surface area (Å²) in [4.78, 5) is 13.3. The highest BCUT2D eigenvalue weighted by molar-refractivity contribution is 5.87. The number of aliphatic hydroxyl groups excluding tert-OH is 1. The quantitative estimate of drug-likeness (QED) is 0.810. The molecule has 1 aliphatic heterocycles. The Hall–Kier alpha value is -1.39. The third-order valence-electron chi connectivity index (χ3n) is 4.33. The van der Waals surface area contributed by atoms with Gasteiger partial charge in [-0.15, -0.1) is 0 Å². The number of hydrogen-bond acceptors (Lipinski definition) is 3. The first kappa shape index (κ1) is 16.0. The summed E-state index contributed by atoms with van der Waals surface area (Å²) in [6, 6.07) is 6.76. The molecule has 1 heterocycles. The number of unbranched alkanes of at least 4 members (excludes halogenated alkanes) is 1. The fourth-order valence-corrected chi connectivity index (χ4v) is 3.07. The molecule has 2 unspecified atom stereocenters. The van der Waals surface area contributed by atoms with Crippen LogP contribution in [-0.2, 0) is 0 Å². The van der Waals surface area contributed by atoms with Crippen molar-refractivity contribution in [1.29, 1.82) is 0 Å². The summed E-state index contributed by atoms with van der Waals surface area (Å²) in [5.41, 5.74) is 1.07. The van der Waals surface area contributed by atoms with E-state index in [2.05, 4.69) is 11.8 Å². The summed E-state index contributed by atoms with van der Waals surface area (Å²) in [5.74, 6) is -0.932. The molecule has 1 aliphatic rings. The molecule has 2 N–H and O–H groups in total. The van der Waals surface area contributed by atoms with E-state index in [0.29, 0.717) is 0 Å². The molecule has 116 valence electrons. The van der Waals surface area contributed by atoms with Gasteiger partial charge >= 0.3 is 5.97 Å². The first-order chi connectivity index (χ1) is 10.1. The van der Waals surface area contributed by atoms with Crippen LogP contribution in [0.25, 0.3) is 0 Å². The number of benzene rings is 1. The molecule has 0 aromatic heterocycles. The van der Waals surface area contributed by atoms with E-state index in [0.717, 1.165) is 37.9 Å². The van der Waals surface area contributed by atoms with Crippen LogP contribution in [0, 0.1) is 0 Å². The van der Waals surface area contributed by atoms with Crippen molar-refractivity contribution >= 4 is 5.97 Å². The number of carboxylic acid groups (broad SMARTS) is 1. The van der Waals surface area contributed by atoms with E-state index in [9.17, 15) is 9.90 Å². The molecule has 1 saturated heterocycles. The van der Waals surface area contributed by atoms with Gasteiger partial charge in [-0.05, 0) is 50.0 Å². The summed E-state index contributed by atoms with van der Waals surface area (Å²) in [5, 5.41) is 19.6. The van der Waals surface area contributed by atoms with E-state index >= 15 is 0 Å². The average molecular weight is 291 g/mol. The molecule has 0 amide bonds. The molecular formula is C17H25NO3. The van der Waals surface area contributed by atoms with Gasteiger partial charge in [0.05, 0.1) is 11.7 Å². The van der Waals surface area contributed by atoms with Crippen LogP contribution in [0.1, 0.15) is 61.1 Å². The van der Waals surface area contributed by atoms with Crippen LogP contribution >= 0.6 is 0 Å². The van der Waals surface area contributed by atoms with Gasteiger partial charge in [0.15, 0.2) is 0 Å². The van der Waals surface area contributed by atoms with E-state index in [1.54, 1.807) is 24.3 Å². The number of aliphatic hydroxyl groups is 1. The van der Waals surface area contributed by atoms with Gasteiger partial charge in [-0.2, -0.15) is 0 Å². The summed E-state index contributed by atoms with van der Waals surface area (Å²) >= 11 is 0. The lowest BCUT2D eigenvalue weighted by molar-refractivity contribution is 0.0548. The van der Waals surface area contributed by atoms with Gasteiger partial charge in [-0.1, -0.05) is 31.9 Å². The Morgan fingerprint density at radius 2 is 1.86 bits per heavy atom. The van der Waals surface area contributed by atoms with E-state index in [-0.39, 0.29) is 11.6 Å². The summed E-state index contributed by atoms with van der Waals surface area (Å²) < 4.78 is 0. The average Bonchev–Trinajstić information content (AvgIpc) is 3.01. The van der Waals surface area contributed by atoms with Gasteiger partial charge in [0.2, 0.25) is 0 Å². The van der Waals surface area contributed by atoms with E-state index in [1.165, 1.54) is 12.8 Å². The Morgan fingerprint density at radius 3 is 2.38 bits per heavy atom. The summed E-state index contributed by atoms with van der Waals surface area (Å²) in [7, 11) is 0. The van der Waals surface area contributed by atoms with E-state index < -0.39 is 12.1 Å². The lowest BCUT2D eigenvalue weighted by Gasteiger charge is -2.32. The number of nitrogens with zero attached hydrogens (tertiary/aromatic N) is 1. The molecule has 4 heteroatoms. The molecule has 1 aromatic rings. The molecule has 0 bridgehead atoms. The number of likely N-dealkylation sites (tertiary alicyclic amines) is 1. The van der Waals surface area contributed by atoms with Crippen LogP contribution in [0.2, 0.25) is 0 Å². The molecule has 1 fully saturated rings. The van der Waals surface area contributed by atoms with Gasteiger partial charge < -0.3 is 10.2 Å². The lowest BCUT2D eigenvalue weighted by atomic mass is 9.96. The van der Waals surface area contributed by atoms with Crippen molar-refractivity contribution in [2.75, 3.05) is 13.1 Å². The predicted octanol–water partition coefficient (Wildman–Crippen LogP) is 3.07. The van der Waals surface area contributed by atoms with Crippen LogP contribution in [0.5, 0.6) is 0 Å². The van der Waals surface area contributed by atoms with Crippen molar-refractivity contribution in [2.24, 2.45) is 0 Å². The SMILES string of the molecule is CCCCC(C(O)c1ccc(C(=O)O)cc1)N1CCCC1. The zero-order valence-corrected chi connectivity index (χ0v) is 12.7. The Balaban J connectivity index is 2.11. The van der Waals surface area contributed by atoms with Crippen LogP contribution in [0.3, 0.4) is 0 Å². The van der Waals surface area contributed by atoms with E-state index in [4.69, 9.17) is 5.11 Å². The Morgan fingerprint density at radius 1 is 1.24 bits per heavy atom. The number of rotatable bonds is 7. The fraction of sp³-hybridized carbons (Fsp3) is 0.588. The minimum atomic E-state index is -0.932. The number of carboxylic acids is 1. The van der Waals surface area contributed by atoms with Crippen molar-refractivity contribution in [1.82, 2.24) is 4.90 Å². The lowest BCUT2D eigenvalue weighted by Crippen LogP contribution is -2.37. The maximum Gasteiger partial charge on any atom is 0.335 e. The standard InChI is InChI=1S/C17H25NO3/c1-2-3-6-15(18-11-4-5-12-18)16(19)13-7-9-14(10-8-13)17(20)21/h7-10,15-16,19H,2-6,11-12H2,1H3,(H,20,21). The fourth-order valence-electron chi connectivity index (χ4n) is 3.07. The molecule has 1 aromatic carbocycles. The molecule has 2 rings (SSSR count). The summed E-state index contributed by atoms with van der Waals surface area (Å²) in [6.07, 6.45) is 5.07. The maximum atomic E-state index is 10.9. The highest BCUT2D eigenvalue weighted by atomic mass is 16.4. The molecular weight excluding hydrogens is 266 g/mol. The van der Waals surface area contributed by atoms with Crippen molar-refractivity contribution < 1.29 is 15.0 Å². The minimum Gasteiger partial charge on any atom is -0.478 e. The Kier molecular flexibility index (Phi) is 5.76. The highest BCUT2D eigenvalue weighted by Crippen LogP contribution is 2.28. The molecule has 0 saturated carbocycles. The van der Waals surface area contributed by atoms with Crippen LogP contribution in [0.15, 0.2) is 24.3 Å². The van der Waals surface area contributed by atoms with Gasteiger partial charge in [0.1, 0.15) is 0 Å². The first-order valence-corrected chi connectivity index (χ1v) is 7.89. The second-order valence-electron chi connectivity index (χ2n) is 5.82. The molecule has 21 heavy (non-hydrogen) atoms. The van der Waals surface area contributed by atoms with Crippen molar-refractivity contribution in [2.45, 2.75) is 51.2 Å². The molecule has 4 nitrogen and oxygen atoms in total. The van der Waals surface area contributed by atoms with Gasteiger partial charge in [0.25, 0.3) is 0 Å². The monoisotopic (exact) mass is 291 g/mol. The van der Waals surface area contributed by atoms with Crippen molar-refractivity contribution in [3.63, 3.8) is 0 Å². The largest absolute Gasteiger partial charge is 0.478 e. The number of hydrogen-bond donors (Lipinski definition) is 2. The molecule has 2 atom stereocenters. The number of aromatic carboxylic acids is 1. The molecule has 0 radical (unpaired) electrons. The zero-order chi connectivity index (χ0) is 15.2. The normalized spacial score (nSPS) is 18.6. The molecule has 0 aliphatic carbocycles. The van der Waals surface area contributed by atoms with Gasteiger partial charge in [-0.3, -0.25) is 4.90 Å². The molecule has 0 spiro atoms. The maximum absolute atomic E-state index is 10.9. The Labute approximate surface area is 126 Å². The van der Waals surface area contributed by atoms with E-state index in [1.807, 2.05) is 0 Å². The number of carbonyl (C=O) groups is 1. The smallest absolute Gasteiger partial charge is 0.335 e.